The zero-order valence-corrected chi connectivity index (χ0v) is 11.4. The maximum atomic E-state index is 12.3. The summed E-state index contributed by atoms with van der Waals surface area (Å²) >= 11 is 6.04. The van der Waals surface area contributed by atoms with Crippen molar-refractivity contribution in [1.29, 1.82) is 0 Å². The number of halogens is 1. The lowest BCUT2D eigenvalue weighted by Crippen LogP contribution is -2.22. The summed E-state index contributed by atoms with van der Waals surface area (Å²) in [6, 6.07) is 0. The number of hydrogen-bond donors (Lipinski definition) is 1. The molecule has 6 heteroatoms. The number of hydrogen-bond acceptors (Lipinski definition) is 3. The summed E-state index contributed by atoms with van der Waals surface area (Å²) in [6.07, 6.45) is 7.01. The number of rotatable bonds is 3. The minimum absolute atomic E-state index is 0.137. The van der Waals surface area contributed by atoms with E-state index in [1.165, 1.54) is 4.57 Å². The van der Waals surface area contributed by atoms with E-state index in [0.717, 1.165) is 25.1 Å². The zero-order valence-electron chi connectivity index (χ0n) is 10.7. The van der Waals surface area contributed by atoms with Gasteiger partial charge in [-0.05, 0) is 30.9 Å². The first kappa shape index (κ1) is 12.4. The fraction of sp³-hybridized carbons (Fsp3) is 0.462. The van der Waals surface area contributed by atoms with Crippen LogP contribution in [0, 0.1) is 0 Å². The van der Waals surface area contributed by atoms with Crippen molar-refractivity contribution in [3.63, 3.8) is 0 Å². The maximum absolute atomic E-state index is 12.3. The van der Waals surface area contributed by atoms with E-state index in [2.05, 4.69) is 27.1 Å². The summed E-state index contributed by atoms with van der Waals surface area (Å²) < 4.78 is 1.48. The Balaban J connectivity index is 2.12. The first-order valence-corrected chi connectivity index (χ1v) is 6.89. The van der Waals surface area contributed by atoms with Gasteiger partial charge in [-0.2, -0.15) is 4.98 Å². The Kier molecular flexibility index (Phi) is 3.14. The Morgan fingerprint density at radius 1 is 1.42 bits per heavy atom. The molecule has 100 valence electrons. The number of fused-ring (bicyclic) bond motifs is 1. The standard InChI is InChI=1S/C13H15ClN4O/c1-2-7-18-12(19)9-11(17-13(18)14)16-10(15-9)8-5-3-4-6-8/h3-4,8H,2,5-7H2,1H3,(H,15,16). The summed E-state index contributed by atoms with van der Waals surface area (Å²) in [5.74, 6) is 1.15. The molecular formula is C13H15ClN4O. The van der Waals surface area contributed by atoms with Crippen LogP contribution >= 0.6 is 11.6 Å². The lowest BCUT2D eigenvalue weighted by molar-refractivity contribution is 0.647. The minimum atomic E-state index is -0.137. The van der Waals surface area contributed by atoms with E-state index in [9.17, 15) is 4.79 Å². The molecule has 0 spiro atoms. The van der Waals surface area contributed by atoms with Gasteiger partial charge in [-0.15, -0.1) is 0 Å². The van der Waals surface area contributed by atoms with Crippen LogP contribution in [-0.2, 0) is 6.54 Å². The summed E-state index contributed by atoms with van der Waals surface area (Å²) in [5, 5.41) is 0.210. The van der Waals surface area contributed by atoms with E-state index in [-0.39, 0.29) is 10.8 Å². The second-order valence-corrected chi connectivity index (χ2v) is 5.14. The van der Waals surface area contributed by atoms with Gasteiger partial charge in [0.25, 0.3) is 5.56 Å². The first-order chi connectivity index (χ1) is 9.20. The van der Waals surface area contributed by atoms with Gasteiger partial charge in [0, 0.05) is 12.5 Å². The molecule has 0 aliphatic heterocycles. The Hall–Kier alpha value is -1.62. The van der Waals surface area contributed by atoms with Crippen molar-refractivity contribution in [2.75, 3.05) is 0 Å². The van der Waals surface area contributed by atoms with Crippen molar-refractivity contribution in [2.24, 2.45) is 0 Å². The molecule has 0 atom stereocenters. The van der Waals surface area contributed by atoms with E-state index < -0.39 is 0 Å². The van der Waals surface area contributed by atoms with Crippen molar-refractivity contribution < 1.29 is 0 Å². The van der Waals surface area contributed by atoms with Gasteiger partial charge >= 0.3 is 0 Å². The average molecular weight is 279 g/mol. The van der Waals surface area contributed by atoms with Gasteiger partial charge in [-0.25, -0.2) is 4.98 Å². The van der Waals surface area contributed by atoms with Gasteiger partial charge < -0.3 is 4.98 Å². The second kappa shape index (κ2) is 4.81. The predicted molar refractivity (Wildman–Crippen MR) is 74.6 cm³/mol. The fourth-order valence-corrected chi connectivity index (χ4v) is 2.67. The van der Waals surface area contributed by atoms with Gasteiger partial charge in [0.2, 0.25) is 5.28 Å². The number of H-pyrrole nitrogens is 1. The average Bonchev–Trinajstić information content (AvgIpc) is 3.02. The lowest BCUT2D eigenvalue weighted by atomic mass is 10.1. The summed E-state index contributed by atoms with van der Waals surface area (Å²) in [7, 11) is 0. The predicted octanol–water partition coefficient (Wildman–Crippen LogP) is 2.62. The fourth-order valence-electron chi connectivity index (χ4n) is 2.43. The molecule has 2 aromatic rings. The second-order valence-electron chi connectivity index (χ2n) is 4.80. The third-order valence-corrected chi connectivity index (χ3v) is 3.71. The molecule has 0 radical (unpaired) electrons. The maximum Gasteiger partial charge on any atom is 0.280 e. The van der Waals surface area contributed by atoms with E-state index in [1.807, 2.05) is 6.92 Å². The highest BCUT2D eigenvalue weighted by molar-refractivity contribution is 6.28. The van der Waals surface area contributed by atoms with E-state index in [4.69, 9.17) is 11.6 Å². The molecule has 3 rings (SSSR count). The number of nitrogens with one attached hydrogen (secondary N) is 1. The van der Waals surface area contributed by atoms with Gasteiger partial charge in [-0.1, -0.05) is 19.1 Å². The molecule has 0 aromatic carbocycles. The largest absolute Gasteiger partial charge is 0.336 e. The number of aromatic nitrogens is 4. The third kappa shape index (κ3) is 2.08. The van der Waals surface area contributed by atoms with Gasteiger partial charge in [-0.3, -0.25) is 9.36 Å². The highest BCUT2D eigenvalue weighted by atomic mass is 35.5. The van der Waals surface area contributed by atoms with Crippen molar-refractivity contribution in [3.8, 4) is 0 Å². The van der Waals surface area contributed by atoms with Crippen LogP contribution in [0.1, 0.15) is 37.9 Å². The van der Waals surface area contributed by atoms with Crippen LogP contribution in [0.25, 0.3) is 11.2 Å². The van der Waals surface area contributed by atoms with Crippen LogP contribution in [0.5, 0.6) is 0 Å². The Labute approximate surface area is 115 Å². The monoisotopic (exact) mass is 278 g/mol. The molecule has 0 amide bonds. The highest BCUT2D eigenvalue weighted by Gasteiger charge is 2.19. The number of allylic oxidation sites excluding steroid dienone is 2. The number of nitrogens with zero attached hydrogens (tertiary/aromatic N) is 3. The Morgan fingerprint density at radius 3 is 2.84 bits per heavy atom. The molecule has 0 fully saturated rings. The normalized spacial score (nSPS) is 15.7. The molecule has 0 saturated carbocycles. The van der Waals surface area contributed by atoms with Crippen molar-refractivity contribution in [3.05, 3.63) is 33.6 Å². The smallest absolute Gasteiger partial charge is 0.280 e. The lowest BCUT2D eigenvalue weighted by Gasteiger charge is -2.04. The van der Waals surface area contributed by atoms with Gasteiger partial charge in [0.15, 0.2) is 11.2 Å². The SMILES string of the molecule is CCCn1c(Cl)nc2nc(C3CC=CC3)[nH]c2c1=O. The molecule has 0 bridgehead atoms. The molecule has 2 aromatic heterocycles. The molecule has 5 nitrogen and oxygen atoms in total. The highest BCUT2D eigenvalue weighted by Crippen LogP contribution is 2.27. The molecule has 0 unspecified atom stereocenters. The van der Waals surface area contributed by atoms with Crippen LogP contribution in [0.2, 0.25) is 5.28 Å². The minimum Gasteiger partial charge on any atom is -0.336 e. The zero-order chi connectivity index (χ0) is 13.4. The molecule has 0 saturated heterocycles. The number of imidazole rings is 1. The first-order valence-electron chi connectivity index (χ1n) is 6.51. The summed E-state index contributed by atoms with van der Waals surface area (Å²) in [5.41, 5.74) is 0.741. The van der Waals surface area contributed by atoms with Crippen LogP contribution in [0.3, 0.4) is 0 Å². The quantitative estimate of drug-likeness (QED) is 0.693. The molecule has 1 aliphatic carbocycles. The van der Waals surface area contributed by atoms with Crippen LogP contribution in [-0.4, -0.2) is 19.5 Å². The summed E-state index contributed by atoms with van der Waals surface area (Å²) in [6.45, 7) is 2.56. The number of aromatic amines is 1. The molecule has 1 aliphatic rings. The topological polar surface area (TPSA) is 63.6 Å². The van der Waals surface area contributed by atoms with Gasteiger partial charge in [0.05, 0.1) is 0 Å². The molecular weight excluding hydrogens is 264 g/mol. The van der Waals surface area contributed by atoms with E-state index in [0.29, 0.717) is 23.6 Å². The van der Waals surface area contributed by atoms with Crippen LogP contribution in [0.4, 0.5) is 0 Å². The third-order valence-electron chi connectivity index (χ3n) is 3.42. The van der Waals surface area contributed by atoms with Crippen LogP contribution < -0.4 is 5.56 Å². The van der Waals surface area contributed by atoms with E-state index >= 15 is 0 Å². The molecule has 2 heterocycles. The van der Waals surface area contributed by atoms with Crippen molar-refractivity contribution in [2.45, 2.75) is 38.6 Å². The van der Waals surface area contributed by atoms with Crippen molar-refractivity contribution >= 4 is 22.8 Å². The van der Waals surface area contributed by atoms with E-state index in [1.54, 1.807) is 0 Å². The summed E-state index contributed by atoms with van der Waals surface area (Å²) in [4.78, 5) is 24.1. The van der Waals surface area contributed by atoms with Gasteiger partial charge in [0.1, 0.15) is 5.82 Å². The Bertz CT molecular complexity index is 692. The molecule has 1 N–H and O–H groups in total. The molecule has 19 heavy (non-hydrogen) atoms. The van der Waals surface area contributed by atoms with Crippen molar-refractivity contribution in [1.82, 2.24) is 19.5 Å². The Morgan fingerprint density at radius 2 is 2.16 bits per heavy atom. The van der Waals surface area contributed by atoms with Crippen LogP contribution in [0.15, 0.2) is 16.9 Å².